The number of anilines is 2. The standard InChI is InChI=1S/C23H30N2O5/c1-4-5-15-28-16-14-25(20-11-7-6-8-12-20)23(27)30-21-13-9-10-19(17-21)24-22(26)29-18(2)3/h6-13,17-18H,4-5,14-16H2,1-3H3,(H,24,26). The lowest BCUT2D eigenvalue weighted by atomic mass is 10.3. The molecule has 2 rings (SSSR count). The molecule has 2 amide bonds. The molecule has 0 fully saturated rings. The third-order valence-corrected chi connectivity index (χ3v) is 4.02. The van der Waals surface area contributed by atoms with Crippen molar-refractivity contribution in [2.45, 2.75) is 39.7 Å². The van der Waals surface area contributed by atoms with Crippen LogP contribution in [0.25, 0.3) is 0 Å². The average Bonchev–Trinajstić information content (AvgIpc) is 2.71. The molecule has 0 aromatic heterocycles. The van der Waals surface area contributed by atoms with E-state index in [9.17, 15) is 9.59 Å². The normalized spacial score (nSPS) is 10.5. The minimum absolute atomic E-state index is 0.231. The molecule has 0 aliphatic heterocycles. The molecule has 0 bridgehead atoms. The zero-order chi connectivity index (χ0) is 21.8. The van der Waals surface area contributed by atoms with Crippen molar-refractivity contribution in [2.24, 2.45) is 0 Å². The second-order valence-corrected chi connectivity index (χ2v) is 6.93. The smallest absolute Gasteiger partial charge is 0.419 e. The highest BCUT2D eigenvalue weighted by atomic mass is 16.6. The number of rotatable bonds is 10. The summed E-state index contributed by atoms with van der Waals surface area (Å²) in [5, 5.41) is 2.62. The molecule has 30 heavy (non-hydrogen) atoms. The summed E-state index contributed by atoms with van der Waals surface area (Å²) in [6, 6.07) is 15.9. The monoisotopic (exact) mass is 414 g/mol. The highest BCUT2D eigenvalue weighted by Crippen LogP contribution is 2.21. The van der Waals surface area contributed by atoms with Gasteiger partial charge in [0, 0.05) is 24.0 Å². The summed E-state index contributed by atoms with van der Waals surface area (Å²) in [6.45, 7) is 7.07. The van der Waals surface area contributed by atoms with Gasteiger partial charge in [0.05, 0.1) is 19.3 Å². The number of hydrogen-bond acceptors (Lipinski definition) is 5. The van der Waals surface area contributed by atoms with Gasteiger partial charge in [0.25, 0.3) is 0 Å². The van der Waals surface area contributed by atoms with E-state index in [1.54, 1.807) is 38.1 Å². The van der Waals surface area contributed by atoms with Gasteiger partial charge >= 0.3 is 12.2 Å². The van der Waals surface area contributed by atoms with Crippen molar-refractivity contribution in [1.29, 1.82) is 0 Å². The number of unbranched alkanes of at least 4 members (excludes halogenated alkanes) is 1. The van der Waals surface area contributed by atoms with Crippen LogP contribution in [-0.2, 0) is 9.47 Å². The number of nitrogens with zero attached hydrogens (tertiary/aromatic N) is 1. The molecule has 2 aromatic rings. The number of carbonyl (C=O) groups excluding carboxylic acids is 2. The van der Waals surface area contributed by atoms with E-state index in [1.165, 1.54) is 4.90 Å². The molecule has 0 atom stereocenters. The second kappa shape index (κ2) is 12.5. The molecule has 0 saturated heterocycles. The van der Waals surface area contributed by atoms with Gasteiger partial charge in [-0.1, -0.05) is 37.6 Å². The van der Waals surface area contributed by atoms with Crippen LogP contribution < -0.4 is 15.0 Å². The predicted octanol–water partition coefficient (Wildman–Crippen LogP) is 5.47. The molecule has 0 radical (unpaired) electrons. The molecule has 1 N–H and O–H groups in total. The minimum Gasteiger partial charge on any atom is -0.447 e. The molecule has 0 saturated carbocycles. The van der Waals surface area contributed by atoms with Crippen LogP contribution in [0, 0.1) is 0 Å². The number of carbonyl (C=O) groups is 2. The molecule has 0 aliphatic carbocycles. The van der Waals surface area contributed by atoms with Crippen molar-refractivity contribution < 1.29 is 23.8 Å². The van der Waals surface area contributed by atoms with Crippen molar-refractivity contribution in [1.82, 2.24) is 0 Å². The van der Waals surface area contributed by atoms with Crippen LogP contribution in [0.2, 0.25) is 0 Å². The van der Waals surface area contributed by atoms with Gasteiger partial charge < -0.3 is 14.2 Å². The molecular weight excluding hydrogens is 384 g/mol. The van der Waals surface area contributed by atoms with Crippen LogP contribution in [0.15, 0.2) is 54.6 Å². The molecule has 2 aromatic carbocycles. The lowest BCUT2D eigenvalue weighted by Gasteiger charge is -2.22. The first kappa shape index (κ1) is 23.2. The summed E-state index contributed by atoms with van der Waals surface area (Å²) in [4.78, 5) is 26.2. The van der Waals surface area contributed by atoms with Crippen molar-refractivity contribution in [2.75, 3.05) is 30.0 Å². The topological polar surface area (TPSA) is 77.1 Å². The first-order chi connectivity index (χ1) is 14.5. The molecule has 0 spiro atoms. The Morgan fingerprint density at radius 3 is 2.50 bits per heavy atom. The van der Waals surface area contributed by atoms with Gasteiger partial charge in [0.2, 0.25) is 0 Å². The van der Waals surface area contributed by atoms with Crippen LogP contribution in [0.1, 0.15) is 33.6 Å². The summed E-state index contributed by atoms with van der Waals surface area (Å²) >= 11 is 0. The van der Waals surface area contributed by atoms with E-state index >= 15 is 0 Å². The zero-order valence-corrected chi connectivity index (χ0v) is 17.8. The SMILES string of the molecule is CCCCOCCN(C(=O)Oc1cccc(NC(=O)OC(C)C)c1)c1ccccc1. The Labute approximate surface area is 177 Å². The van der Waals surface area contributed by atoms with Gasteiger partial charge in [-0.05, 0) is 44.5 Å². The zero-order valence-electron chi connectivity index (χ0n) is 17.8. The predicted molar refractivity (Wildman–Crippen MR) is 117 cm³/mol. The van der Waals surface area contributed by atoms with E-state index in [0.29, 0.717) is 31.2 Å². The van der Waals surface area contributed by atoms with E-state index in [2.05, 4.69) is 12.2 Å². The van der Waals surface area contributed by atoms with Crippen LogP contribution in [0.3, 0.4) is 0 Å². The maximum atomic E-state index is 12.8. The van der Waals surface area contributed by atoms with E-state index in [4.69, 9.17) is 14.2 Å². The van der Waals surface area contributed by atoms with Crippen LogP contribution >= 0.6 is 0 Å². The molecule has 0 aliphatic rings. The fourth-order valence-corrected chi connectivity index (χ4v) is 2.59. The number of benzene rings is 2. The number of nitrogens with one attached hydrogen (secondary N) is 1. The Morgan fingerprint density at radius 2 is 1.80 bits per heavy atom. The molecule has 7 heteroatoms. The van der Waals surface area contributed by atoms with E-state index in [0.717, 1.165) is 18.5 Å². The lowest BCUT2D eigenvalue weighted by Crippen LogP contribution is -2.36. The number of ether oxygens (including phenoxy) is 3. The third-order valence-electron chi connectivity index (χ3n) is 4.02. The van der Waals surface area contributed by atoms with Gasteiger partial charge in [-0.25, -0.2) is 9.59 Å². The number of amides is 2. The highest BCUT2D eigenvalue weighted by Gasteiger charge is 2.18. The number of para-hydroxylation sites is 1. The fraction of sp³-hybridized carbons (Fsp3) is 0.391. The first-order valence-electron chi connectivity index (χ1n) is 10.2. The van der Waals surface area contributed by atoms with E-state index in [-0.39, 0.29) is 6.10 Å². The molecular formula is C23H30N2O5. The van der Waals surface area contributed by atoms with Crippen LogP contribution in [0.4, 0.5) is 21.0 Å². The van der Waals surface area contributed by atoms with E-state index in [1.807, 2.05) is 30.3 Å². The van der Waals surface area contributed by atoms with Crippen molar-refractivity contribution in [3.05, 3.63) is 54.6 Å². The molecule has 0 unspecified atom stereocenters. The summed E-state index contributed by atoms with van der Waals surface area (Å²) in [6.07, 6.45) is 0.713. The Hall–Kier alpha value is -3.06. The van der Waals surface area contributed by atoms with Gasteiger partial charge in [0.15, 0.2) is 0 Å². The maximum absolute atomic E-state index is 12.8. The van der Waals surface area contributed by atoms with E-state index < -0.39 is 12.2 Å². The Morgan fingerprint density at radius 1 is 1.03 bits per heavy atom. The van der Waals surface area contributed by atoms with Crippen LogP contribution in [-0.4, -0.2) is 38.0 Å². The van der Waals surface area contributed by atoms with Crippen molar-refractivity contribution in [3.63, 3.8) is 0 Å². The molecule has 162 valence electrons. The summed E-state index contributed by atoms with van der Waals surface area (Å²) in [7, 11) is 0. The molecule has 0 heterocycles. The Bertz CT molecular complexity index is 795. The Kier molecular flexibility index (Phi) is 9.67. The summed E-state index contributed by atoms with van der Waals surface area (Å²) < 4.78 is 16.2. The maximum Gasteiger partial charge on any atom is 0.419 e. The van der Waals surface area contributed by atoms with Crippen molar-refractivity contribution in [3.8, 4) is 5.75 Å². The average molecular weight is 415 g/mol. The highest BCUT2D eigenvalue weighted by molar-refractivity contribution is 5.89. The third kappa shape index (κ3) is 8.13. The lowest BCUT2D eigenvalue weighted by molar-refractivity contribution is 0.130. The quantitative estimate of drug-likeness (QED) is 0.522. The summed E-state index contributed by atoms with van der Waals surface area (Å²) in [5.41, 5.74) is 1.19. The summed E-state index contributed by atoms with van der Waals surface area (Å²) in [5.74, 6) is 0.315. The Balaban J connectivity index is 2.03. The fourth-order valence-electron chi connectivity index (χ4n) is 2.59. The van der Waals surface area contributed by atoms with Gasteiger partial charge in [-0.2, -0.15) is 0 Å². The van der Waals surface area contributed by atoms with Crippen molar-refractivity contribution >= 4 is 23.6 Å². The largest absolute Gasteiger partial charge is 0.447 e. The van der Waals surface area contributed by atoms with Gasteiger partial charge in [-0.3, -0.25) is 10.2 Å². The van der Waals surface area contributed by atoms with Crippen LogP contribution in [0.5, 0.6) is 5.75 Å². The number of hydrogen-bond donors (Lipinski definition) is 1. The van der Waals surface area contributed by atoms with Gasteiger partial charge in [0.1, 0.15) is 5.75 Å². The first-order valence-corrected chi connectivity index (χ1v) is 10.2. The minimum atomic E-state index is -0.566. The van der Waals surface area contributed by atoms with Gasteiger partial charge in [-0.15, -0.1) is 0 Å². The second-order valence-electron chi connectivity index (χ2n) is 6.93. The molecule has 7 nitrogen and oxygen atoms in total.